The third kappa shape index (κ3) is 5.88. The Hall–Kier alpha value is -2.27. The number of thiazole rings is 1. The van der Waals surface area contributed by atoms with Crippen molar-refractivity contribution in [3.63, 3.8) is 0 Å². The first-order valence-corrected chi connectivity index (χ1v) is 11.5. The van der Waals surface area contributed by atoms with Crippen molar-refractivity contribution in [1.29, 1.82) is 0 Å². The van der Waals surface area contributed by atoms with E-state index in [1.807, 2.05) is 26.0 Å². The zero-order valence-corrected chi connectivity index (χ0v) is 18.5. The van der Waals surface area contributed by atoms with E-state index in [0.29, 0.717) is 47.4 Å². The summed E-state index contributed by atoms with van der Waals surface area (Å²) in [6.45, 7) is 5.22. The van der Waals surface area contributed by atoms with Crippen molar-refractivity contribution >= 4 is 45.0 Å². The Kier molecular flexibility index (Phi) is 8.38. The Bertz CT molecular complexity index is 1020. The van der Waals surface area contributed by atoms with Crippen LogP contribution in [0.2, 0.25) is 0 Å². The molecular formula is C20H24N4O4S2. The van der Waals surface area contributed by atoms with Crippen LogP contribution in [0.1, 0.15) is 20.3 Å². The lowest BCUT2D eigenvalue weighted by Crippen LogP contribution is -2.27. The van der Waals surface area contributed by atoms with Crippen LogP contribution in [0, 0.1) is 0 Å². The number of anilines is 1. The Balaban J connectivity index is 1.80. The fourth-order valence-electron chi connectivity index (χ4n) is 2.85. The SMILES string of the molecule is CCOC(CCn1c(SCC(=O)Nc2nccs2)nc2ccccc2c1=O)OCC. The maximum absolute atomic E-state index is 13.1. The van der Waals surface area contributed by atoms with Gasteiger partial charge in [-0.15, -0.1) is 11.3 Å². The summed E-state index contributed by atoms with van der Waals surface area (Å²) in [6.07, 6.45) is 1.73. The maximum atomic E-state index is 13.1. The number of carbonyl (C=O) groups is 1. The van der Waals surface area contributed by atoms with Crippen molar-refractivity contribution in [2.24, 2.45) is 0 Å². The predicted octanol–water partition coefficient (Wildman–Crippen LogP) is 3.37. The topological polar surface area (TPSA) is 95.3 Å². The summed E-state index contributed by atoms with van der Waals surface area (Å²) in [6, 6.07) is 7.20. The van der Waals surface area contributed by atoms with Gasteiger partial charge in [0.25, 0.3) is 5.56 Å². The molecule has 1 N–H and O–H groups in total. The van der Waals surface area contributed by atoms with Crippen molar-refractivity contribution in [2.75, 3.05) is 24.3 Å². The van der Waals surface area contributed by atoms with Crippen LogP contribution in [-0.2, 0) is 20.8 Å². The molecule has 3 aromatic rings. The van der Waals surface area contributed by atoms with Crippen molar-refractivity contribution in [1.82, 2.24) is 14.5 Å². The monoisotopic (exact) mass is 448 g/mol. The summed E-state index contributed by atoms with van der Waals surface area (Å²) in [5.74, 6) is -0.0875. The Morgan fingerprint density at radius 1 is 1.27 bits per heavy atom. The molecule has 0 unspecified atom stereocenters. The van der Waals surface area contributed by atoms with Crippen LogP contribution in [0.25, 0.3) is 10.9 Å². The molecule has 1 amide bonds. The van der Waals surface area contributed by atoms with Crippen LogP contribution in [0.5, 0.6) is 0 Å². The molecule has 3 rings (SSSR count). The fourth-order valence-corrected chi connectivity index (χ4v) is 4.22. The van der Waals surface area contributed by atoms with Crippen LogP contribution in [0.4, 0.5) is 5.13 Å². The molecule has 0 saturated carbocycles. The third-order valence-electron chi connectivity index (χ3n) is 4.13. The fraction of sp³-hybridized carbons (Fsp3) is 0.400. The Labute approximate surface area is 182 Å². The summed E-state index contributed by atoms with van der Waals surface area (Å²) in [4.78, 5) is 34.0. The van der Waals surface area contributed by atoms with E-state index >= 15 is 0 Å². The van der Waals surface area contributed by atoms with E-state index in [0.717, 1.165) is 0 Å². The quantitative estimate of drug-likeness (QED) is 0.273. The van der Waals surface area contributed by atoms with E-state index in [-0.39, 0.29) is 17.2 Å². The van der Waals surface area contributed by atoms with Crippen molar-refractivity contribution in [3.8, 4) is 0 Å². The van der Waals surface area contributed by atoms with Gasteiger partial charge < -0.3 is 14.8 Å². The van der Waals surface area contributed by atoms with Crippen LogP contribution >= 0.6 is 23.1 Å². The van der Waals surface area contributed by atoms with Gasteiger partial charge >= 0.3 is 0 Å². The minimum absolute atomic E-state index is 0.116. The highest BCUT2D eigenvalue weighted by atomic mass is 32.2. The molecule has 10 heteroatoms. The number of fused-ring (bicyclic) bond motifs is 1. The van der Waals surface area contributed by atoms with Crippen LogP contribution in [0.15, 0.2) is 45.8 Å². The molecule has 0 aliphatic heterocycles. The van der Waals surface area contributed by atoms with Gasteiger partial charge in [0.05, 0.1) is 16.7 Å². The molecule has 0 spiro atoms. The van der Waals surface area contributed by atoms with E-state index in [4.69, 9.17) is 9.47 Å². The highest BCUT2D eigenvalue weighted by Crippen LogP contribution is 2.20. The number of nitrogens with zero attached hydrogens (tertiary/aromatic N) is 3. The van der Waals surface area contributed by atoms with Crippen molar-refractivity contribution in [3.05, 3.63) is 46.2 Å². The van der Waals surface area contributed by atoms with Gasteiger partial charge in [-0.3, -0.25) is 14.2 Å². The average molecular weight is 449 g/mol. The molecule has 0 aliphatic carbocycles. The number of aromatic nitrogens is 3. The molecule has 0 radical (unpaired) electrons. The van der Waals surface area contributed by atoms with Crippen LogP contribution in [-0.4, -0.2) is 45.7 Å². The molecule has 2 heterocycles. The van der Waals surface area contributed by atoms with E-state index in [9.17, 15) is 9.59 Å². The molecule has 8 nitrogen and oxygen atoms in total. The van der Waals surface area contributed by atoms with Gasteiger partial charge in [-0.1, -0.05) is 23.9 Å². The number of carbonyl (C=O) groups excluding carboxylic acids is 1. The second-order valence-electron chi connectivity index (χ2n) is 6.17. The highest BCUT2D eigenvalue weighted by Gasteiger charge is 2.16. The lowest BCUT2D eigenvalue weighted by molar-refractivity contribution is -0.141. The molecule has 0 atom stereocenters. The van der Waals surface area contributed by atoms with Crippen LogP contribution in [0.3, 0.4) is 0 Å². The molecule has 0 fully saturated rings. The number of hydrogen-bond donors (Lipinski definition) is 1. The molecule has 0 bridgehead atoms. The first kappa shape index (κ1) is 22.4. The minimum atomic E-state index is -0.399. The Morgan fingerprint density at radius 2 is 2.03 bits per heavy atom. The number of hydrogen-bond acceptors (Lipinski definition) is 8. The van der Waals surface area contributed by atoms with Gasteiger partial charge in [-0.05, 0) is 26.0 Å². The maximum Gasteiger partial charge on any atom is 0.262 e. The van der Waals surface area contributed by atoms with E-state index in [1.54, 1.807) is 28.3 Å². The molecule has 160 valence electrons. The summed E-state index contributed by atoms with van der Waals surface area (Å²) in [5, 5.41) is 6.10. The van der Waals surface area contributed by atoms with Gasteiger partial charge in [0.15, 0.2) is 16.6 Å². The first-order chi connectivity index (χ1) is 14.6. The van der Waals surface area contributed by atoms with E-state index in [2.05, 4.69) is 15.3 Å². The van der Waals surface area contributed by atoms with Gasteiger partial charge in [0, 0.05) is 37.8 Å². The lowest BCUT2D eigenvalue weighted by atomic mass is 10.2. The van der Waals surface area contributed by atoms with Crippen LogP contribution < -0.4 is 10.9 Å². The predicted molar refractivity (Wildman–Crippen MR) is 119 cm³/mol. The highest BCUT2D eigenvalue weighted by molar-refractivity contribution is 7.99. The van der Waals surface area contributed by atoms with Crippen molar-refractivity contribution < 1.29 is 14.3 Å². The van der Waals surface area contributed by atoms with E-state index < -0.39 is 6.29 Å². The lowest BCUT2D eigenvalue weighted by Gasteiger charge is -2.19. The Morgan fingerprint density at radius 3 is 2.73 bits per heavy atom. The zero-order chi connectivity index (χ0) is 21.3. The molecule has 30 heavy (non-hydrogen) atoms. The van der Waals surface area contributed by atoms with Gasteiger partial charge in [-0.2, -0.15) is 0 Å². The number of amides is 1. The molecular weight excluding hydrogens is 424 g/mol. The van der Waals surface area contributed by atoms with Crippen molar-refractivity contribution in [2.45, 2.75) is 38.3 Å². The summed E-state index contributed by atoms with van der Waals surface area (Å²) in [5.41, 5.74) is 0.461. The summed E-state index contributed by atoms with van der Waals surface area (Å²) >= 11 is 2.57. The number of rotatable bonds is 11. The van der Waals surface area contributed by atoms with E-state index in [1.165, 1.54) is 23.1 Å². The number of para-hydroxylation sites is 1. The summed E-state index contributed by atoms with van der Waals surface area (Å²) < 4.78 is 12.8. The number of benzene rings is 1. The molecule has 1 aromatic carbocycles. The summed E-state index contributed by atoms with van der Waals surface area (Å²) in [7, 11) is 0. The average Bonchev–Trinajstić information content (AvgIpc) is 3.25. The molecule has 0 aliphatic rings. The molecule has 2 aromatic heterocycles. The number of ether oxygens (including phenoxy) is 2. The minimum Gasteiger partial charge on any atom is -0.353 e. The smallest absolute Gasteiger partial charge is 0.262 e. The number of nitrogens with one attached hydrogen (secondary N) is 1. The first-order valence-electron chi connectivity index (χ1n) is 9.67. The zero-order valence-electron chi connectivity index (χ0n) is 16.9. The van der Waals surface area contributed by atoms with Gasteiger partial charge in [-0.25, -0.2) is 9.97 Å². The van der Waals surface area contributed by atoms with Gasteiger partial charge in [0.2, 0.25) is 5.91 Å². The third-order valence-corrected chi connectivity index (χ3v) is 5.80. The van der Waals surface area contributed by atoms with Gasteiger partial charge in [0.1, 0.15) is 0 Å². The normalized spacial score (nSPS) is 11.3. The second kappa shape index (κ2) is 11.2. The largest absolute Gasteiger partial charge is 0.353 e. The second-order valence-corrected chi connectivity index (χ2v) is 8.01. The molecule has 0 saturated heterocycles. The standard InChI is InChI=1S/C20H24N4O4S2/c1-3-27-17(28-4-2)9-11-24-18(26)14-7-5-6-8-15(14)22-20(24)30-13-16(25)23-19-21-10-12-29-19/h5-8,10,12,17H,3-4,9,11,13H2,1-2H3,(H,21,23,25). The number of thioether (sulfide) groups is 1.